The summed E-state index contributed by atoms with van der Waals surface area (Å²) in [5.41, 5.74) is 1.43. The summed E-state index contributed by atoms with van der Waals surface area (Å²) in [5.74, 6) is 1.93. The lowest BCUT2D eigenvalue weighted by atomic mass is 9.97. The van der Waals surface area contributed by atoms with E-state index < -0.39 is 0 Å². The predicted octanol–water partition coefficient (Wildman–Crippen LogP) is 2.94. The van der Waals surface area contributed by atoms with E-state index in [1.807, 2.05) is 35.1 Å². The van der Waals surface area contributed by atoms with Crippen molar-refractivity contribution in [2.24, 2.45) is 0 Å². The Morgan fingerprint density at radius 3 is 2.71 bits per heavy atom. The summed E-state index contributed by atoms with van der Waals surface area (Å²) in [6.45, 7) is 4.14. The Hall–Kier alpha value is -1.69. The summed E-state index contributed by atoms with van der Waals surface area (Å²) in [5, 5.41) is 1.19. The highest BCUT2D eigenvalue weighted by atomic mass is 32.1. The fourth-order valence-corrected chi connectivity index (χ4v) is 5.16. The minimum Gasteiger partial charge on any atom is -0.350 e. The number of carbonyl (C=O) groups excluding carboxylic acids is 1. The third-order valence-corrected chi connectivity index (χ3v) is 6.29. The Morgan fingerprint density at radius 2 is 1.92 bits per heavy atom. The van der Waals surface area contributed by atoms with Crippen LogP contribution in [0.25, 0.3) is 10.2 Å². The Bertz CT molecular complexity index is 779. The van der Waals surface area contributed by atoms with Gasteiger partial charge in [0.1, 0.15) is 16.5 Å². The number of thiophene rings is 1. The van der Waals surface area contributed by atoms with Crippen LogP contribution in [0.1, 0.15) is 41.9 Å². The second-order valence-corrected chi connectivity index (χ2v) is 8.01. The number of amides is 1. The molecular formula is C18H24N4OS. The number of carbonyl (C=O) groups is 1. The largest absolute Gasteiger partial charge is 0.350 e. The third kappa shape index (κ3) is 2.77. The fraction of sp³-hybridized carbons (Fsp3) is 0.611. The molecule has 1 fully saturated rings. The topological polar surface area (TPSA) is 49.3 Å². The molecule has 3 heterocycles. The van der Waals surface area contributed by atoms with Crippen molar-refractivity contribution in [3.8, 4) is 0 Å². The number of aromatic nitrogens is 2. The maximum absolute atomic E-state index is 12.5. The van der Waals surface area contributed by atoms with Crippen molar-refractivity contribution in [1.29, 1.82) is 0 Å². The van der Waals surface area contributed by atoms with Crippen LogP contribution in [0.2, 0.25) is 0 Å². The van der Waals surface area contributed by atoms with Crippen molar-refractivity contribution >= 4 is 33.3 Å². The maximum Gasteiger partial charge on any atom is 0.242 e. The lowest BCUT2D eigenvalue weighted by molar-refractivity contribution is -0.128. The van der Waals surface area contributed by atoms with Crippen molar-refractivity contribution in [2.75, 3.05) is 31.6 Å². The lowest BCUT2D eigenvalue weighted by Gasteiger charge is -2.23. The third-order valence-electron chi connectivity index (χ3n) is 5.10. The van der Waals surface area contributed by atoms with Crippen LogP contribution in [0.4, 0.5) is 5.82 Å². The Morgan fingerprint density at radius 1 is 1.17 bits per heavy atom. The first-order valence-electron chi connectivity index (χ1n) is 8.91. The average Bonchev–Trinajstić information content (AvgIpc) is 3.21. The van der Waals surface area contributed by atoms with Crippen molar-refractivity contribution in [1.82, 2.24) is 14.9 Å². The summed E-state index contributed by atoms with van der Waals surface area (Å²) >= 11 is 1.82. The minimum atomic E-state index is 0.212. The van der Waals surface area contributed by atoms with Crippen LogP contribution in [-0.4, -0.2) is 47.5 Å². The highest BCUT2D eigenvalue weighted by Gasteiger charge is 2.24. The molecule has 0 aromatic carbocycles. The molecule has 5 nitrogen and oxygen atoms in total. The highest BCUT2D eigenvalue weighted by molar-refractivity contribution is 7.19. The summed E-state index contributed by atoms with van der Waals surface area (Å²) < 4.78 is 0. The molecule has 0 bridgehead atoms. The molecule has 128 valence electrons. The van der Waals surface area contributed by atoms with Gasteiger partial charge in [0.05, 0.1) is 11.9 Å². The lowest BCUT2D eigenvalue weighted by Crippen LogP contribution is -2.37. The Kier molecular flexibility index (Phi) is 4.16. The molecule has 1 amide bonds. The summed E-state index contributed by atoms with van der Waals surface area (Å²) in [4.78, 5) is 28.5. The molecule has 1 aliphatic carbocycles. The molecule has 2 aromatic rings. The fourth-order valence-electron chi connectivity index (χ4n) is 3.86. The molecule has 2 aromatic heterocycles. The monoisotopic (exact) mass is 344 g/mol. The van der Waals surface area contributed by atoms with Crippen molar-refractivity contribution < 1.29 is 4.79 Å². The van der Waals surface area contributed by atoms with Crippen molar-refractivity contribution in [3.63, 3.8) is 0 Å². The molecule has 4 rings (SSSR count). The molecule has 24 heavy (non-hydrogen) atoms. The predicted molar refractivity (Wildman–Crippen MR) is 97.9 cm³/mol. The SMILES string of the molecule is Cc1nc(N(C)CC(=O)N2CCCC2)c2c3c(sc2n1)CCCC3. The summed E-state index contributed by atoms with van der Waals surface area (Å²) in [7, 11) is 1.99. The molecule has 1 aliphatic heterocycles. The number of nitrogens with zero attached hydrogens (tertiary/aromatic N) is 4. The second-order valence-electron chi connectivity index (χ2n) is 6.93. The average molecular weight is 344 g/mol. The first kappa shape index (κ1) is 15.8. The molecule has 0 radical (unpaired) electrons. The van der Waals surface area contributed by atoms with Gasteiger partial charge < -0.3 is 9.80 Å². The van der Waals surface area contributed by atoms with E-state index in [4.69, 9.17) is 4.98 Å². The van der Waals surface area contributed by atoms with E-state index in [1.165, 1.54) is 28.7 Å². The zero-order valence-corrected chi connectivity index (χ0v) is 15.3. The molecule has 2 aliphatic rings. The van der Waals surface area contributed by atoms with E-state index >= 15 is 0 Å². The van der Waals surface area contributed by atoms with Gasteiger partial charge in [-0.25, -0.2) is 9.97 Å². The smallest absolute Gasteiger partial charge is 0.242 e. The van der Waals surface area contributed by atoms with Gasteiger partial charge in [-0.2, -0.15) is 0 Å². The number of rotatable bonds is 3. The van der Waals surface area contributed by atoms with Crippen LogP contribution in [0, 0.1) is 6.92 Å². The minimum absolute atomic E-state index is 0.212. The van der Waals surface area contributed by atoms with Crippen LogP contribution >= 0.6 is 11.3 Å². The number of likely N-dealkylation sites (N-methyl/N-ethyl adjacent to an activating group) is 1. The number of anilines is 1. The van der Waals surface area contributed by atoms with Gasteiger partial charge in [0, 0.05) is 25.0 Å². The molecular weight excluding hydrogens is 320 g/mol. The van der Waals surface area contributed by atoms with Gasteiger partial charge >= 0.3 is 0 Å². The van der Waals surface area contributed by atoms with Gasteiger partial charge in [-0.15, -0.1) is 11.3 Å². The molecule has 0 saturated carbocycles. The zero-order valence-electron chi connectivity index (χ0n) is 14.5. The second kappa shape index (κ2) is 6.31. The first-order chi connectivity index (χ1) is 11.6. The van der Waals surface area contributed by atoms with Crippen molar-refractivity contribution in [2.45, 2.75) is 45.4 Å². The van der Waals surface area contributed by atoms with Crippen LogP contribution in [-0.2, 0) is 17.6 Å². The quantitative estimate of drug-likeness (QED) is 0.859. The Labute approximate surface area is 146 Å². The molecule has 1 saturated heterocycles. The van der Waals surface area contributed by atoms with E-state index in [1.54, 1.807) is 0 Å². The molecule has 0 spiro atoms. The first-order valence-corrected chi connectivity index (χ1v) is 9.73. The normalized spacial score (nSPS) is 17.3. The van der Waals surface area contributed by atoms with E-state index in [0.717, 1.165) is 55.2 Å². The van der Waals surface area contributed by atoms with Gasteiger partial charge in [-0.05, 0) is 51.0 Å². The molecule has 0 N–H and O–H groups in total. The van der Waals surface area contributed by atoms with Gasteiger partial charge in [0.2, 0.25) is 5.91 Å². The van der Waals surface area contributed by atoms with E-state index in [-0.39, 0.29) is 5.91 Å². The highest BCUT2D eigenvalue weighted by Crippen LogP contribution is 2.39. The number of hydrogen-bond acceptors (Lipinski definition) is 5. The van der Waals surface area contributed by atoms with E-state index in [9.17, 15) is 4.79 Å². The van der Waals surface area contributed by atoms with Crippen LogP contribution in [0.5, 0.6) is 0 Å². The maximum atomic E-state index is 12.5. The van der Waals surface area contributed by atoms with Gasteiger partial charge in [0.15, 0.2) is 0 Å². The summed E-state index contributed by atoms with van der Waals surface area (Å²) in [6.07, 6.45) is 7.04. The van der Waals surface area contributed by atoms with Gasteiger partial charge in [0.25, 0.3) is 0 Å². The number of likely N-dealkylation sites (tertiary alicyclic amines) is 1. The van der Waals surface area contributed by atoms with E-state index in [2.05, 4.69) is 4.98 Å². The molecule has 0 atom stereocenters. The van der Waals surface area contributed by atoms with Crippen LogP contribution < -0.4 is 4.90 Å². The van der Waals surface area contributed by atoms with E-state index in [0.29, 0.717) is 6.54 Å². The van der Waals surface area contributed by atoms with Crippen LogP contribution in [0.15, 0.2) is 0 Å². The van der Waals surface area contributed by atoms with Gasteiger partial charge in [-0.3, -0.25) is 4.79 Å². The van der Waals surface area contributed by atoms with Crippen molar-refractivity contribution in [3.05, 3.63) is 16.3 Å². The summed E-state index contributed by atoms with van der Waals surface area (Å²) in [6, 6.07) is 0. The molecule has 6 heteroatoms. The number of hydrogen-bond donors (Lipinski definition) is 0. The molecule has 0 unspecified atom stereocenters. The number of fused-ring (bicyclic) bond motifs is 3. The zero-order chi connectivity index (χ0) is 16.7. The standard InChI is InChI=1S/C18H24N4OS/c1-12-19-17(21(2)11-15(23)22-9-5-6-10-22)16-13-7-3-4-8-14(13)24-18(16)20-12/h3-11H2,1-2H3. The van der Waals surface area contributed by atoms with Gasteiger partial charge in [-0.1, -0.05) is 0 Å². The number of aryl methyl sites for hydroxylation is 3. The Balaban J connectivity index is 1.69. The van der Waals surface area contributed by atoms with Crippen LogP contribution in [0.3, 0.4) is 0 Å².